The molecular formula is C24H30N2O3. The van der Waals surface area contributed by atoms with Crippen LogP contribution in [-0.4, -0.2) is 49.2 Å². The number of ether oxygens (including phenoxy) is 2. The van der Waals surface area contributed by atoms with E-state index in [1.165, 1.54) is 22.2 Å². The summed E-state index contributed by atoms with van der Waals surface area (Å²) in [6.07, 6.45) is 3.97. The van der Waals surface area contributed by atoms with E-state index in [2.05, 4.69) is 52.8 Å². The van der Waals surface area contributed by atoms with Gasteiger partial charge < -0.3 is 24.9 Å². The fraction of sp³-hybridized carbons (Fsp3) is 0.417. The van der Waals surface area contributed by atoms with Crippen LogP contribution in [0.1, 0.15) is 24.8 Å². The maximum absolute atomic E-state index is 8.84. The van der Waals surface area contributed by atoms with Crippen molar-refractivity contribution in [1.29, 1.82) is 0 Å². The Morgan fingerprint density at radius 3 is 2.69 bits per heavy atom. The molecule has 0 radical (unpaired) electrons. The molecule has 1 fully saturated rings. The summed E-state index contributed by atoms with van der Waals surface area (Å²) in [4.78, 5) is 3.64. The Labute approximate surface area is 172 Å². The first kappa shape index (κ1) is 20.0. The zero-order valence-electron chi connectivity index (χ0n) is 16.8. The average molecular weight is 395 g/mol. The molecule has 0 saturated carbocycles. The van der Waals surface area contributed by atoms with Crippen LogP contribution < -0.4 is 5.32 Å². The molecule has 4 rings (SSSR count). The first-order chi connectivity index (χ1) is 14.3. The Hall–Kier alpha value is -2.34. The van der Waals surface area contributed by atoms with Crippen LogP contribution in [0.3, 0.4) is 0 Å². The van der Waals surface area contributed by atoms with E-state index < -0.39 is 0 Å². The van der Waals surface area contributed by atoms with E-state index in [4.69, 9.17) is 14.6 Å². The number of nitrogens with one attached hydrogen (secondary N) is 2. The van der Waals surface area contributed by atoms with Crippen molar-refractivity contribution in [1.82, 2.24) is 4.98 Å². The van der Waals surface area contributed by atoms with Gasteiger partial charge in [-0.25, -0.2) is 0 Å². The lowest BCUT2D eigenvalue weighted by Crippen LogP contribution is -2.28. The van der Waals surface area contributed by atoms with Gasteiger partial charge in [0.05, 0.1) is 24.4 Å². The summed E-state index contributed by atoms with van der Waals surface area (Å²) < 4.78 is 10.9. The third kappa shape index (κ3) is 5.18. The van der Waals surface area contributed by atoms with Crippen molar-refractivity contribution >= 4 is 16.6 Å². The van der Waals surface area contributed by atoms with Crippen molar-refractivity contribution in [3.8, 4) is 11.3 Å². The number of aliphatic hydroxyl groups is 1. The Balaban J connectivity index is 1.60. The zero-order valence-corrected chi connectivity index (χ0v) is 16.8. The first-order valence-corrected chi connectivity index (χ1v) is 10.6. The molecule has 1 aromatic heterocycles. The SMILES string of the molecule is OCCOCCCc1cc(NC2CCOCC2)c2[nH]c(-c3ccccc3)cc2c1. The lowest BCUT2D eigenvalue weighted by molar-refractivity contribution is 0.0904. The molecule has 154 valence electrons. The van der Waals surface area contributed by atoms with Gasteiger partial charge in [-0.3, -0.25) is 0 Å². The highest BCUT2D eigenvalue weighted by Gasteiger charge is 2.16. The molecule has 1 aliphatic heterocycles. The van der Waals surface area contributed by atoms with Crippen LogP contribution in [0.5, 0.6) is 0 Å². The summed E-state index contributed by atoms with van der Waals surface area (Å²) in [5, 5.41) is 13.8. The smallest absolute Gasteiger partial charge is 0.0697 e. The van der Waals surface area contributed by atoms with Gasteiger partial charge in [0.25, 0.3) is 0 Å². The Kier molecular flexibility index (Phi) is 6.83. The molecule has 0 bridgehead atoms. The molecule has 0 atom stereocenters. The summed E-state index contributed by atoms with van der Waals surface area (Å²) in [5.41, 5.74) is 5.97. The van der Waals surface area contributed by atoms with Crippen LogP contribution in [0.2, 0.25) is 0 Å². The Morgan fingerprint density at radius 1 is 1.07 bits per heavy atom. The van der Waals surface area contributed by atoms with Crippen molar-refractivity contribution in [3.05, 3.63) is 54.1 Å². The highest BCUT2D eigenvalue weighted by Crippen LogP contribution is 2.32. The van der Waals surface area contributed by atoms with E-state index in [1.807, 2.05) is 6.07 Å². The van der Waals surface area contributed by atoms with Gasteiger partial charge in [-0.2, -0.15) is 0 Å². The van der Waals surface area contributed by atoms with Gasteiger partial charge in [0.15, 0.2) is 0 Å². The lowest BCUT2D eigenvalue weighted by Gasteiger charge is -2.24. The standard InChI is InChI=1S/C24H30N2O3/c27-10-14-28-11-4-5-18-15-20-17-22(19-6-2-1-3-7-19)26-24(20)23(16-18)25-21-8-12-29-13-9-21/h1-3,6-7,15-17,21,25-27H,4-5,8-14H2. The van der Waals surface area contributed by atoms with Crippen LogP contribution in [0.15, 0.2) is 48.5 Å². The number of hydrogen-bond donors (Lipinski definition) is 3. The number of H-pyrrole nitrogens is 1. The number of fused-ring (bicyclic) bond motifs is 1. The van der Waals surface area contributed by atoms with E-state index in [-0.39, 0.29) is 6.61 Å². The van der Waals surface area contributed by atoms with Crippen molar-refractivity contribution in [2.45, 2.75) is 31.7 Å². The van der Waals surface area contributed by atoms with E-state index >= 15 is 0 Å². The van der Waals surface area contributed by atoms with Crippen molar-refractivity contribution in [2.24, 2.45) is 0 Å². The molecule has 2 aromatic carbocycles. The normalized spacial score (nSPS) is 15.1. The molecule has 0 amide bonds. The fourth-order valence-corrected chi connectivity index (χ4v) is 3.94. The summed E-state index contributed by atoms with van der Waals surface area (Å²) in [5.74, 6) is 0. The minimum Gasteiger partial charge on any atom is -0.394 e. The maximum atomic E-state index is 8.84. The van der Waals surface area contributed by atoms with Gasteiger partial charge in [0.2, 0.25) is 0 Å². The molecule has 0 spiro atoms. The van der Waals surface area contributed by atoms with Gasteiger partial charge in [-0.1, -0.05) is 30.3 Å². The van der Waals surface area contributed by atoms with E-state index in [1.54, 1.807) is 0 Å². The van der Waals surface area contributed by atoms with E-state index in [0.717, 1.165) is 50.1 Å². The van der Waals surface area contributed by atoms with Crippen LogP contribution >= 0.6 is 0 Å². The number of aryl methyl sites for hydroxylation is 1. The fourth-order valence-electron chi connectivity index (χ4n) is 3.94. The third-order valence-corrected chi connectivity index (χ3v) is 5.44. The number of benzene rings is 2. The van der Waals surface area contributed by atoms with Crippen molar-refractivity contribution < 1.29 is 14.6 Å². The second-order valence-electron chi connectivity index (χ2n) is 7.63. The minimum absolute atomic E-state index is 0.0801. The van der Waals surface area contributed by atoms with Crippen LogP contribution in [0, 0.1) is 0 Å². The maximum Gasteiger partial charge on any atom is 0.0697 e. The zero-order chi connectivity index (χ0) is 19.9. The summed E-state index contributed by atoms with van der Waals surface area (Å²) in [7, 11) is 0. The summed E-state index contributed by atoms with van der Waals surface area (Å²) in [6, 6.07) is 17.7. The summed E-state index contributed by atoms with van der Waals surface area (Å²) in [6.45, 7) is 2.81. The second kappa shape index (κ2) is 9.92. The number of hydrogen-bond acceptors (Lipinski definition) is 4. The molecule has 3 aromatic rings. The molecule has 0 unspecified atom stereocenters. The molecule has 2 heterocycles. The van der Waals surface area contributed by atoms with Gasteiger partial charge in [0, 0.05) is 36.9 Å². The number of aromatic amines is 1. The number of anilines is 1. The van der Waals surface area contributed by atoms with Gasteiger partial charge in [0.1, 0.15) is 0 Å². The average Bonchev–Trinajstić information content (AvgIpc) is 3.20. The number of rotatable bonds is 9. The highest BCUT2D eigenvalue weighted by molar-refractivity contribution is 5.95. The molecule has 5 heteroatoms. The quantitative estimate of drug-likeness (QED) is 0.472. The Bertz CT molecular complexity index is 901. The van der Waals surface area contributed by atoms with Crippen molar-refractivity contribution in [3.63, 3.8) is 0 Å². The first-order valence-electron chi connectivity index (χ1n) is 10.6. The predicted molar refractivity (Wildman–Crippen MR) is 117 cm³/mol. The topological polar surface area (TPSA) is 66.5 Å². The molecule has 5 nitrogen and oxygen atoms in total. The van der Waals surface area contributed by atoms with Crippen LogP contribution in [0.25, 0.3) is 22.2 Å². The van der Waals surface area contributed by atoms with Crippen LogP contribution in [0.4, 0.5) is 5.69 Å². The van der Waals surface area contributed by atoms with Gasteiger partial charge in [-0.15, -0.1) is 0 Å². The number of aliphatic hydroxyl groups excluding tert-OH is 1. The van der Waals surface area contributed by atoms with Crippen molar-refractivity contribution in [2.75, 3.05) is 38.4 Å². The van der Waals surface area contributed by atoms with Crippen LogP contribution in [-0.2, 0) is 15.9 Å². The lowest BCUT2D eigenvalue weighted by atomic mass is 10.0. The van der Waals surface area contributed by atoms with E-state index in [9.17, 15) is 0 Å². The molecular weight excluding hydrogens is 364 g/mol. The molecule has 1 saturated heterocycles. The minimum atomic E-state index is 0.0801. The predicted octanol–water partition coefficient (Wildman–Crippen LogP) is 4.37. The molecule has 3 N–H and O–H groups in total. The third-order valence-electron chi connectivity index (χ3n) is 5.44. The Morgan fingerprint density at radius 2 is 1.90 bits per heavy atom. The largest absolute Gasteiger partial charge is 0.394 e. The van der Waals surface area contributed by atoms with Gasteiger partial charge >= 0.3 is 0 Å². The van der Waals surface area contributed by atoms with E-state index in [0.29, 0.717) is 19.3 Å². The number of aromatic nitrogens is 1. The van der Waals surface area contributed by atoms with Gasteiger partial charge in [-0.05, 0) is 55.0 Å². The molecule has 0 aliphatic carbocycles. The highest BCUT2D eigenvalue weighted by atomic mass is 16.5. The monoisotopic (exact) mass is 394 g/mol. The molecule has 1 aliphatic rings. The summed E-state index contributed by atoms with van der Waals surface area (Å²) >= 11 is 0. The molecule has 29 heavy (non-hydrogen) atoms. The second-order valence-corrected chi connectivity index (χ2v) is 7.63.